The highest BCUT2D eigenvalue weighted by atomic mass is 14.6. The van der Waals surface area contributed by atoms with E-state index < -0.39 is 0 Å². The van der Waals surface area contributed by atoms with Crippen molar-refractivity contribution in [3.8, 4) is 0 Å². The molecule has 0 unspecified atom stereocenters. The Labute approximate surface area is 90.5 Å². The highest BCUT2D eigenvalue weighted by Crippen LogP contribution is 2.22. The summed E-state index contributed by atoms with van der Waals surface area (Å²) in [4.78, 5) is 4.46. The van der Waals surface area contributed by atoms with Crippen molar-refractivity contribution in [1.82, 2.24) is 4.98 Å². The van der Waals surface area contributed by atoms with Crippen LogP contribution in [-0.4, -0.2) is 4.98 Å². The molecule has 0 fully saturated rings. The van der Waals surface area contributed by atoms with Crippen LogP contribution in [0.15, 0.2) is 36.5 Å². The fraction of sp³-hybridized carbons (Fsp3) is 0.214. The molecule has 1 heterocycles. The third-order valence-corrected chi connectivity index (χ3v) is 2.62. The number of pyridine rings is 1. The van der Waals surface area contributed by atoms with Crippen molar-refractivity contribution in [1.29, 1.82) is 0 Å². The van der Waals surface area contributed by atoms with Crippen molar-refractivity contribution in [3.63, 3.8) is 0 Å². The topological polar surface area (TPSA) is 12.9 Å². The molecular formula is C14H15N. The zero-order valence-electron chi connectivity index (χ0n) is 9.20. The molecule has 2 rings (SSSR count). The smallest absolute Gasteiger partial charge is 0.0739 e. The molecule has 0 atom stereocenters. The predicted octanol–water partition coefficient (Wildman–Crippen LogP) is 3.83. The molecule has 76 valence electrons. The van der Waals surface area contributed by atoms with E-state index in [0.29, 0.717) is 0 Å². The van der Waals surface area contributed by atoms with Gasteiger partial charge in [-0.25, -0.2) is 0 Å². The molecule has 0 radical (unpaired) electrons. The minimum atomic E-state index is 1.02. The molecule has 0 saturated heterocycles. The lowest BCUT2D eigenvalue weighted by Gasteiger charge is -2.07. The third-order valence-electron chi connectivity index (χ3n) is 2.62. The third kappa shape index (κ3) is 1.78. The Bertz CT molecular complexity index is 498. The lowest BCUT2D eigenvalue weighted by atomic mass is 10.0. The van der Waals surface area contributed by atoms with Gasteiger partial charge in [-0.05, 0) is 30.5 Å². The Morgan fingerprint density at radius 2 is 2.13 bits per heavy atom. The van der Waals surface area contributed by atoms with Gasteiger partial charge in [-0.15, -0.1) is 0 Å². The summed E-state index contributed by atoms with van der Waals surface area (Å²) in [6.07, 6.45) is 7.10. The van der Waals surface area contributed by atoms with Gasteiger partial charge in [0.2, 0.25) is 0 Å². The normalized spacial score (nSPS) is 11.3. The first-order valence-electron chi connectivity index (χ1n) is 5.36. The van der Waals surface area contributed by atoms with E-state index in [9.17, 15) is 0 Å². The van der Waals surface area contributed by atoms with Gasteiger partial charge in [0.1, 0.15) is 0 Å². The van der Waals surface area contributed by atoms with Gasteiger partial charge in [-0.2, -0.15) is 0 Å². The van der Waals surface area contributed by atoms with Crippen LogP contribution < -0.4 is 0 Å². The first-order valence-corrected chi connectivity index (χ1v) is 5.36. The fourth-order valence-corrected chi connectivity index (χ4v) is 1.93. The predicted molar refractivity (Wildman–Crippen MR) is 65.8 cm³/mol. The number of fused-ring (bicyclic) bond motifs is 1. The van der Waals surface area contributed by atoms with E-state index >= 15 is 0 Å². The molecule has 0 N–H and O–H groups in total. The number of aryl methyl sites for hydroxylation is 1. The minimum absolute atomic E-state index is 1.02. The van der Waals surface area contributed by atoms with Crippen LogP contribution >= 0.6 is 0 Å². The van der Waals surface area contributed by atoms with Gasteiger partial charge in [0, 0.05) is 11.6 Å². The number of rotatable bonds is 2. The highest BCUT2D eigenvalue weighted by molar-refractivity contribution is 5.85. The SMILES string of the molecule is C/C=C\c1ccc2cccnc2c1CC. The molecule has 1 heteroatoms. The second kappa shape index (κ2) is 4.26. The van der Waals surface area contributed by atoms with E-state index in [4.69, 9.17) is 0 Å². The van der Waals surface area contributed by atoms with Crippen LogP contribution in [0.25, 0.3) is 17.0 Å². The molecule has 0 bridgehead atoms. The van der Waals surface area contributed by atoms with Gasteiger partial charge in [-0.3, -0.25) is 4.98 Å². The summed E-state index contributed by atoms with van der Waals surface area (Å²) in [6, 6.07) is 8.40. The molecule has 1 nitrogen and oxygen atoms in total. The molecule has 1 aromatic heterocycles. The van der Waals surface area contributed by atoms with E-state index in [1.54, 1.807) is 0 Å². The van der Waals surface area contributed by atoms with Crippen molar-refractivity contribution in [3.05, 3.63) is 47.7 Å². The number of aromatic nitrogens is 1. The van der Waals surface area contributed by atoms with Crippen molar-refractivity contribution < 1.29 is 0 Å². The lowest BCUT2D eigenvalue weighted by Crippen LogP contribution is -1.91. The molecular weight excluding hydrogens is 182 g/mol. The molecule has 0 aliphatic heterocycles. The maximum absolute atomic E-state index is 4.46. The summed E-state index contributed by atoms with van der Waals surface area (Å²) in [5.41, 5.74) is 3.76. The summed E-state index contributed by atoms with van der Waals surface area (Å²) in [5, 5.41) is 1.22. The standard InChI is InChI=1S/C14H15N/c1-3-6-11-8-9-12-7-5-10-15-14(12)13(11)4-2/h3,5-10H,4H2,1-2H3/b6-3-. The Kier molecular flexibility index (Phi) is 2.82. The molecule has 0 aliphatic rings. The van der Waals surface area contributed by atoms with Crippen molar-refractivity contribution >= 4 is 17.0 Å². The van der Waals surface area contributed by atoms with Gasteiger partial charge in [0.05, 0.1) is 5.52 Å². The lowest BCUT2D eigenvalue weighted by molar-refractivity contribution is 1.14. The molecule has 15 heavy (non-hydrogen) atoms. The van der Waals surface area contributed by atoms with Gasteiger partial charge in [0.25, 0.3) is 0 Å². The van der Waals surface area contributed by atoms with E-state index in [2.05, 4.69) is 42.3 Å². The average Bonchev–Trinajstić information content (AvgIpc) is 2.29. The maximum atomic E-state index is 4.46. The molecule has 2 aromatic rings. The second-order valence-electron chi connectivity index (χ2n) is 3.56. The summed E-state index contributed by atoms with van der Waals surface area (Å²) >= 11 is 0. The Hall–Kier alpha value is -1.63. The quantitative estimate of drug-likeness (QED) is 0.713. The van der Waals surface area contributed by atoms with Crippen LogP contribution in [0, 0.1) is 0 Å². The molecule has 0 saturated carbocycles. The molecule has 0 amide bonds. The molecule has 1 aromatic carbocycles. The zero-order chi connectivity index (χ0) is 10.7. The second-order valence-corrected chi connectivity index (χ2v) is 3.56. The Morgan fingerprint density at radius 3 is 2.87 bits per heavy atom. The zero-order valence-corrected chi connectivity index (χ0v) is 9.20. The van der Waals surface area contributed by atoms with Crippen LogP contribution in [0.2, 0.25) is 0 Å². The van der Waals surface area contributed by atoms with Crippen LogP contribution in [0.4, 0.5) is 0 Å². The summed E-state index contributed by atoms with van der Waals surface area (Å²) in [7, 11) is 0. The molecule has 0 spiro atoms. The Balaban J connectivity index is 2.75. The first kappa shape index (κ1) is 9.91. The van der Waals surface area contributed by atoms with Gasteiger partial charge < -0.3 is 0 Å². The van der Waals surface area contributed by atoms with E-state index in [0.717, 1.165) is 11.9 Å². The van der Waals surface area contributed by atoms with Crippen molar-refractivity contribution in [2.24, 2.45) is 0 Å². The highest BCUT2D eigenvalue weighted by Gasteiger charge is 2.03. The van der Waals surface area contributed by atoms with Gasteiger partial charge >= 0.3 is 0 Å². The monoisotopic (exact) mass is 197 g/mol. The largest absolute Gasteiger partial charge is 0.256 e. The number of hydrogen-bond donors (Lipinski definition) is 0. The van der Waals surface area contributed by atoms with Crippen molar-refractivity contribution in [2.75, 3.05) is 0 Å². The summed E-state index contributed by atoms with van der Waals surface area (Å²) in [5.74, 6) is 0. The maximum Gasteiger partial charge on any atom is 0.0739 e. The van der Waals surface area contributed by atoms with Crippen LogP contribution in [-0.2, 0) is 6.42 Å². The summed E-state index contributed by atoms with van der Waals surface area (Å²) in [6.45, 7) is 4.22. The number of benzene rings is 1. The number of nitrogens with zero attached hydrogens (tertiary/aromatic N) is 1. The molecule has 0 aliphatic carbocycles. The Morgan fingerprint density at radius 1 is 1.27 bits per heavy atom. The van der Waals surface area contributed by atoms with E-state index in [1.165, 1.54) is 16.5 Å². The first-order chi connectivity index (χ1) is 7.36. The van der Waals surface area contributed by atoms with Crippen LogP contribution in [0.1, 0.15) is 25.0 Å². The number of hydrogen-bond acceptors (Lipinski definition) is 1. The van der Waals surface area contributed by atoms with E-state index in [-0.39, 0.29) is 0 Å². The van der Waals surface area contributed by atoms with Crippen molar-refractivity contribution in [2.45, 2.75) is 20.3 Å². The number of allylic oxidation sites excluding steroid dienone is 1. The van der Waals surface area contributed by atoms with Gasteiger partial charge in [-0.1, -0.05) is 37.3 Å². The van der Waals surface area contributed by atoms with Gasteiger partial charge in [0.15, 0.2) is 0 Å². The average molecular weight is 197 g/mol. The van der Waals surface area contributed by atoms with Crippen LogP contribution in [0.3, 0.4) is 0 Å². The minimum Gasteiger partial charge on any atom is -0.256 e. The summed E-state index contributed by atoms with van der Waals surface area (Å²) < 4.78 is 0. The van der Waals surface area contributed by atoms with E-state index in [1.807, 2.05) is 19.2 Å². The van der Waals surface area contributed by atoms with Crippen LogP contribution in [0.5, 0.6) is 0 Å². The fourth-order valence-electron chi connectivity index (χ4n) is 1.93.